The van der Waals surface area contributed by atoms with E-state index in [-0.39, 0.29) is 0 Å². The number of allylic oxidation sites excluding steroid dienone is 2. The van der Waals surface area contributed by atoms with Gasteiger partial charge in [-0.05, 0) is 42.1 Å². The molecule has 0 radical (unpaired) electrons. The third-order valence-corrected chi connectivity index (χ3v) is 5.23. The summed E-state index contributed by atoms with van der Waals surface area (Å²) in [6.07, 6.45) is 11.7. The summed E-state index contributed by atoms with van der Waals surface area (Å²) >= 11 is 0. The summed E-state index contributed by atoms with van der Waals surface area (Å²) in [6, 6.07) is 8.54. The molecule has 3 heterocycles. The zero-order valence-electron chi connectivity index (χ0n) is 16.8. The highest BCUT2D eigenvalue weighted by molar-refractivity contribution is 5.46. The minimum atomic E-state index is -0.534. The Balaban J connectivity index is 1.60. The van der Waals surface area contributed by atoms with Gasteiger partial charge in [-0.3, -0.25) is 0 Å². The fourth-order valence-corrected chi connectivity index (χ4v) is 3.55. The second kappa shape index (κ2) is 8.38. The van der Waals surface area contributed by atoms with Crippen molar-refractivity contribution in [2.24, 2.45) is 0 Å². The molecule has 0 saturated carbocycles. The summed E-state index contributed by atoms with van der Waals surface area (Å²) < 4.78 is 2.06. The standard InChI is InChI=1S/C21H26N8/c1-3-5-14-29-19(23-18(4-2)26-29)15-16-6-8-17(9-7-16)21(10-12-22-13-11-21)20-24-27-28-25-20/h6-13,22H,3-5,14-15H2,1-2H3,(H,24,25,27,28). The highest BCUT2D eigenvalue weighted by atomic mass is 15.5. The molecule has 0 aliphatic carbocycles. The van der Waals surface area contributed by atoms with Crippen molar-refractivity contribution in [3.05, 3.63) is 77.4 Å². The number of aryl methyl sites for hydroxylation is 2. The lowest BCUT2D eigenvalue weighted by atomic mass is 9.78. The number of hydrogen-bond acceptors (Lipinski definition) is 6. The van der Waals surface area contributed by atoms with Gasteiger partial charge < -0.3 is 5.32 Å². The lowest BCUT2D eigenvalue weighted by molar-refractivity contribution is 0.546. The maximum Gasteiger partial charge on any atom is 0.192 e. The molecule has 0 spiro atoms. The highest BCUT2D eigenvalue weighted by Crippen LogP contribution is 2.34. The van der Waals surface area contributed by atoms with Gasteiger partial charge in [0.05, 0.1) is 5.41 Å². The Labute approximate surface area is 170 Å². The van der Waals surface area contributed by atoms with E-state index in [0.717, 1.165) is 49.4 Å². The normalized spacial score (nSPS) is 14.8. The topological polar surface area (TPSA) is 97.2 Å². The van der Waals surface area contributed by atoms with Crippen molar-refractivity contribution in [2.45, 2.75) is 51.5 Å². The van der Waals surface area contributed by atoms with Crippen LogP contribution in [0.2, 0.25) is 0 Å². The Kier molecular flexibility index (Phi) is 5.50. The number of nitrogens with zero attached hydrogens (tertiary/aromatic N) is 6. The maximum absolute atomic E-state index is 4.73. The van der Waals surface area contributed by atoms with Crippen LogP contribution in [0.5, 0.6) is 0 Å². The summed E-state index contributed by atoms with van der Waals surface area (Å²) in [5.74, 6) is 2.55. The number of H-pyrrole nitrogens is 1. The average molecular weight is 390 g/mol. The molecule has 0 amide bonds. The first-order valence-electron chi connectivity index (χ1n) is 10.1. The Morgan fingerprint density at radius 2 is 1.86 bits per heavy atom. The molecule has 1 aliphatic rings. The first-order chi connectivity index (χ1) is 14.2. The number of tetrazole rings is 1. The molecule has 0 atom stereocenters. The van der Waals surface area contributed by atoms with Crippen LogP contribution in [0.3, 0.4) is 0 Å². The summed E-state index contributed by atoms with van der Waals surface area (Å²) in [5, 5.41) is 22.5. The zero-order valence-corrected chi connectivity index (χ0v) is 16.8. The highest BCUT2D eigenvalue weighted by Gasteiger charge is 2.34. The molecule has 1 aliphatic heterocycles. The quantitative estimate of drug-likeness (QED) is 0.614. The first-order valence-corrected chi connectivity index (χ1v) is 10.1. The van der Waals surface area contributed by atoms with Crippen molar-refractivity contribution >= 4 is 0 Å². The molecule has 2 aromatic heterocycles. The van der Waals surface area contributed by atoms with Gasteiger partial charge in [0.1, 0.15) is 5.82 Å². The fourth-order valence-electron chi connectivity index (χ4n) is 3.55. The molecular weight excluding hydrogens is 364 g/mol. The molecule has 0 fully saturated rings. The van der Waals surface area contributed by atoms with E-state index in [1.165, 1.54) is 5.56 Å². The van der Waals surface area contributed by atoms with Gasteiger partial charge >= 0.3 is 0 Å². The fraction of sp³-hybridized carbons (Fsp3) is 0.381. The largest absolute Gasteiger partial charge is 0.368 e. The first kappa shape index (κ1) is 19.0. The van der Waals surface area contributed by atoms with Gasteiger partial charge in [0.15, 0.2) is 11.6 Å². The number of benzene rings is 1. The van der Waals surface area contributed by atoms with Crippen LogP contribution in [0.15, 0.2) is 48.8 Å². The Hall–Kier alpha value is -3.29. The second-order valence-corrected chi connectivity index (χ2v) is 7.19. The van der Waals surface area contributed by atoms with E-state index >= 15 is 0 Å². The molecule has 3 aromatic rings. The predicted molar refractivity (Wildman–Crippen MR) is 110 cm³/mol. The van der Waals surface area contributed by atoms with E-state index in [1.807, 2.05) is 24.6 Å². The third kappa shape index (κ3) is 3.83. The maximum atomic E-state index is 4.73. The molecule has 4 rings (SSSR count). The molecule has 2 N–H and O–H groups in total. The average Bonchev–Trinajstić information content (AvgIpc) is 3.44. The number of nitrogens with one attached hydrogen (secondary N) is 2. The van der Waals surface area contributed by atoms with Crippen LogP contribution in [-0.2, 0) is 24.8 Å². The van der Waals surface area contributed by atoms with E-state index in [4.69, 9.17) is 4.98 Å². The Morgan fingerprint density at radius 3 is 2.52 bits per heavy atom. The van der Waals surface area contributed by atoms with Crippen molar-refractivity contribution in [3.63, 3.8) is 0 Å². The van der Waals surface area contributed by atoms with Gasteiger partial charge in [-0.25, -0.2) is 9.67 Å². The Bertz CT molecular complexity index is 970. The number of unbranched alkanes of at least 4 members (excludes halogenated alkanes) is 1. The summed E-state index contributed by atoms with van der Waals surface area (Å²) in [7, 11) is 0. The van der Waals surface area contributed by atoms with E-state index in [9.17, 15) is 0 Å². The molecule has 0 unspecified atom stereocenters. The summed E-state index contributed by atoms with van der Waals surface area (Å²) in [4.78, 5) is 4.73. The van der Waals surface area contributed by atoms with E-state index in [1.54, 1.807) is 0 Å². The minimum absolute atomic E-state index is 0.534. The van der Waals surface area contributed by atoms with Crippen molar-refractivity contribution in [2.75, 3.05) is 0 Å². The van der Waals surface area contributed by atoms with Gasteiger partial charge in [0, 0.05) is 19.4 Å². The molecular formula is C21H26N8. The molecule has 29 heavy (non-hydrogen) atoms. The minimum Gasteiger partial charge on any atom is -0.368 e. The SMILES string of the molecule is CCCCn1nc(CC)nc1Cc1ccc(C2(c3nn[nH]n3)C=CNC=C2)cc1. The van der Waals surface area contributed by atoms with E-state index in [0.29, 0.717) is 5.82 Å². The number of aromatic amines is 1. The summed E-state index contributed by atoms with van der Waals surface area (Å²) in [5.41, 5.74) is 1.75. The van der Waals surface area contributed by atoms with Gasteiger partial charge in [0.25, 0.3) is 0 Å². The van der Waals surface area contributed by atoms with Crippen LogP contribution in [0.25, 0.3) is 0 Å². The van der Waals surface area contributed by atoms with Crippen LogP contribution in [-0.4, -0.2) is 35.4 Å². The summed E-state index contributed by atoms with van der Waals surface area (Å²) in [6.45, 7) is 5.20. The second-order valence-electron chi connectivity index (χ2n) is 7.19. The van der Waals surface area contributed by atoms with Crippen molar-refractivity contribution in [3.8, 4) is 0 Å². The van der Waals surface area contributed by atoms with Crippen LogP contribution in [0.1, 0.15) is 55.3 Å². The van der Waals surface area contributed by atoms with Crippen LogP contribution >= 0.6 is 0 Å². The van der Waals surface area contributed by atoms with Crippen LogP contribution in [0.4, 0.5) is 0 Å². The number of aromatic nitrogens is 7. The number of rotatable bonds is 8. The van der Waals surface area contributed by atoms with Gasteiger partial charge in [-0.2, -0.15) is 10.3 Å². The lowest BCUT2D eigenvalue weighted by Crippen LogP contribution is -2.28. The number of hydrogen-bond donors (Lipinski definition) is 2. The smallest absolute Gasteiger partial charge is 0.192 e. The monoisotopic (exact) mass is 390 g/mol. The van der Waals surface area contributed by atoms with Gasteiger partial charge in [-0.15, -0.1) is 10.2 Å². The van der Waals surface area contributed by atoms with E-state index in [2.05, 4.69) is 73.8 Å². The lowest BCUT2D eigenvalue weighted by Gasteiger charge is -2.26. The Morgan fingerprint density at radius 1 is 1.07 bits per heavy atom. The molecule has 8 nitrogen and oxygen atoms in total. The third-order valence-electron chi connectivity index (χ3n) is 5.23. The zero-order chi connectivity index (χ0) is 20.1. The number of dihydropyridines is 1. The molecule has 1 aromatic carbocycles. The van der Waals surface area contributed by atoms with Gasteiger partial charge in [-0.1, -0.05) is 49.7 Å². The molecule has 150 valence electrons. The van der Waals surface area contributed by atoms with Crippen molar-refractivity contribution < 1.29 is 0 Å². The van der Waals surface area contributed by atoms with Crippen molar-refractivity contribution in [1.82, 2.24) is 40.7 Å². The van der Waals surface area contributed by atoms with Gasteiger partial charge in [0.2, 0.25) is 0 Å². The van der Waals surface area contributed by atoms with Crippen LogP contribution < -0.4 is 5.32 Å². The van der Waals surface area contributed by atoms with E-state index < -0.39 is 5.41 Å². The molecule has 0 bridgehead atoms. The molecule has 8 heteroatoms. The predicted octanol–water partition coefficient (Wildman–Crippen LogP) is 2.66. The van der Waals surface area contributed by atoms with Crippen LogP contribution in [0, 0.1) is 0 Å². The molecule has 0 saturated heterocycles. The van der Waals surface area contributed by atoms with Crippen molar-refractivity contribution in [1.29, 1.82) is 0 Å².